The molecule has 6 nitrogen and oxygen atoms in total. The largest absolute Gasteiger partial charge is 0.424 e. The lowest BCUT2D eigenvalue weighted by Crippen LogP contribution is -2.23. The minimum absolute atomic E-state index is 0.408. The molecule has 3 heterocycles. The second-order valence-corrected chi connectivity index (χ2v) is 5.19. The molecule has 6 heteroatoms. The van der Waals surface area contributed by atoms with Crippen molar-refractivity contribution in [1.29, 1.82) is 0 Å². The molecule has 0 spiro atoms. The van der Waals surface area contributed by atoms with E-state index in [4.69, 9.17) is 4.42 Å². The van der Waals surface area contributed by atoms with Crippen molar-refractivity contribution in [2.45, 2.75) is 46.2 Å². The number of nitrogens with zero attached hydrogens (tertiary/aromatic N) is 4. The van der Waals surface area contributed by atoms with E-state index in [2.05, 4.69) is 39.1 Å². The van der Waals surface area contributed by atoms with Crippen molar-refractivity contribution in [3.8, 4) is 0 Å². The highest BCUT2D eigenvalue weighted by molar-refractivity contribution is 5.28. The molecule has 0 aromatic carbocycles. The molecule has 1 aliphatic rings. The van der Waals surface area contributed by atoms with Crippen LogP contribution in [0.5, 0.6) is 0 Å². The Balaban J connectivity index is 1.82. The molecule has 0 radical (unpaired) electrons. The Morgan fingerprint density at radius 2 is 2.16 bits per heavy atom. The minimum atomic E-state index is 0.408. The summed E-state index contributed by atoms with van der Waals surface area (Å²) < 4.78 is 5.48. The molecular formula is C13H19N5O. The Hall–Kier alpha value is -1.69. The van der Waals surface area contributed by atoms with E-state index in [-0.39, 0.29) is 0 Å². The fraction of sp³-hybridized carbons (Fsp3) is 0.615. The first-order valence-electron chi connectivity index (χ1n) is 6.69. The molecule has 2 aromatic rings. The zero-order valence-electron chi connectivity index (χ0n) is 11.6. The van der Waals surface area contributed by atoms with Crippen LogP contribution in [0.2, 0.25) is 0 Å². The van der Waals surface area contributed by atoms with E-state index >= 15 is 0 Å². The van der Waals surface area contributed by atoms with Crippen molar-refractivity contribution in [2.75, 3.05) is 6.54 Å². The maximum absolute atomic E-state index is 5.48. The average Bonchev–Trinajstić information content (AvgIpc) is 3.04. The van der Waals surface area contributed by atoms with E-state index in [1.54, 1.807) is 0 Å². The maximum atomic E-state index is 5.48. The summed E-state index contributed by atoms with van der Waals surface area (Å²) in [5.74, 6) is 1.32. The van der Waals surface area contributed by atoms with Crippen LogP contribution in [0.25, 0.3) is 0 Å². The first kappa shape index (κ1) is 12.3. The van der Waals surface area contributed by atoms with E-state index < -0.39 is 0 Å². The van der Waals surface area contributed by atoms with Crippen LogP contribution in [0.3, 0.4) is 0 Å². The van der Waals surface area contributed by atoms with Gasteiger partial charge in [-0.3, -0.25) is 10.00 Å². The molecular weight excluding hydrogens is 242 g/mol. The van der Waals surface area contributed by atoms with Gasteiger partial charge in [-0.2, -0.15) is 5.10 Å². The van der Waals surface area contributed by atoms with Gasteiger partial charge in [-0.15, -0.1) is 10.2 Å². The van der Waals surface area contributed by atoms with Gasteiger partial charge in [-0.25, -0.2) is 0 Å². The number of aromatic nitrogens is 4. The Morgan fingerprint density at radius 1 is 1.32 bits per heavy atom. The molecule has 1 atom stereocenters. The average molecular weight is 261 g/mol. The van der Waals surface area contributed by atoms with Crippen molar-refractivity contribution in [1.82, 2.24) is 25.3 Å². The van der Waals surface area contributed by atoms with Crippen LogP contribution in [0.4, 0.5) is 0 Å². The molecule has 1 aliphatic heterocycles. The van der Waals surface area contributed by atoms with Crippen molar-refractivity contribution in [2.24, 2.45) is 0 Å². The molecule has 0 saturated carbocycles. The van der Waals surface area contributed by atoms with E-state index in [1.807, 2.05) is 6.92 Å². The number of nitrogens with one attached hydrogen (secondary N) is 1. The third kappa shape index (κ3) is 2.28. The molecule has 19 heavy (non-hydrogen) atoms. The van der Waals surface area contributed by atoms with Crippen LogP contribution in [0.15, 0.2) is 4.42 Å². The lowest BCUT2D eigenvalue weighted by atomic mass is 10.0. The lowest BCUT2D eigenvalue weighted by molar-refractivity contribution is 0.221. The highest BCUT2D eigenvalue weighted by Gasteiger charge is 2.30. The second kappa shape index (κ2) is 4.77. The first-order valence-corrected chi connectivity index (χ1v) is 6.69. The normalized spacial score (nSPS) is 20.3. The Morgan fingerprint density at radius 3 is 2.79 bits per heavy atom. The second-order valence-electron chi connectivity index (χ2n) is 5.19. The summed E-state index contributed by atoms with van der Waals surface area (Å²) in [6, 6.07) is 0.408. The summed E-state index contributed by atoms with van der Waals surface area (Å²) in [5, 5.41) is 15.4. The fourth-order valence-electron chi connectivity index (χ4n) is 2.97. The Labute approximate surface area is 112 Å². The maximum Gasteiger partial charge on any atom is 0.230 e. The van der Waals surface area contributed by atoms with E-state index in [1.165, 1.54) is 12.0 Å². The van der Waals surface area contributed by atoms with Gasteiger partial charge in [0.15, 0.2) is 0 Å². The van der Waals surface area contributed by atoms with Crippen molar-refractivity contribution < 1.29 is 4.42 Å². The molecule has 0 amide bonds. The molecule has 1 unspecified atom stereocenters. The topological polar surface area (TPSA) is 70.8 Å². The van der Waals surface area contributed by atoms with Gasteiger partial charge in [0, 0.05) is 24.2 Å². The molecule has 1 saturated heterocycles. The smallest absolute Gasteiger partial charge is 0.230 e. The van der Waals surface area contributed by atoms with Gasteiger partial charge < -0.3 is 4.42 Å². The van der Waals surface area contributed by atoms with E-state index in [0.29, 0.717) is 17.8 Å². The molecule has 0 bridgehead atoms. The number of aryl methyl sites for hydroxylation is 3. The monoisotopic (exact) mass is 261 g/mol. The van der Waals surface area contributed by atoms with Gasteiger partial charge in [-0.1, -0.05) is 0 Å². The molecule has 0 aliphatic carbocycles. The standard InChI is InChI=1S/C13H19N5O/c1-8-13(9(2)15-14-8)11-5-4-6-18(11)7-12-17-16-10(3)19-12/h11H,4-7H2,1-3H3,(H,14,15). The predicted molar refractivity (Wildman–Crippen MR) is 69.5 cm³/mol. The molecule has 1 N–H and O–H groups in total. The van der Waals surface area contributed by atoms with E-state index in [9.17, 15) is 0 Å². The van der Waals surface area contributed by atoms with Gasteiger partial charge in [0.1, 0.15) is 0 Å². The Bertz CT molecular complexity index is 554. The highest BCUT2D eigenvalue weighted by Crippen LogP contribution is 2.35. The van der Waals surface area contributed by atoms with Crippen LogP contribution in [0, 0.1) is 20.8 Å². The molecule has 1 fully saturated rings. The SMILES string of the molecule is Cc1nnc(CN2CCCC2c2c(C)n[nH]c2C)o1. The Kier molecular flexibility index (Phi) is 3.10. The van der Waals surface area contributed by atoms with Crippen LogP contribution >= 0.6 is 0 Å². The number of hydrogen-bond acceptors (Lipinski definition) is 5. The quantitative estimate of drug-likeness (QED) is 0.915. The number of hydrogen-bond donors (Lipinski definition) is 1. The van der Waals surface area contributed by atoms with Crippen molar-refractivity contribution in [3.63, 3.8) is 0 Å². The van der Waals surface area contributed by atoms with Gasteiger partial charge in [0.2, 0.25) is 11.8 Å². The van der Waals surface area contributed by atoms with Gasteiger partial charge in [0.05, 0.1) is 12.2 Å². The first-order chi connectivity index (χ1) is 9.15. The summed E-state index contributed by atoms with van der Waals surface area (Å²) in [4.78, 5) is 2.40. The highest BCUT2D eigenvalue weighted by atomic mass is 16.4. The van der Waals surface area contributed by atoms with E-state index in [0.717, 1.165) is 30.9 Å². The van der Waals surface area contributed by atoms with Crippen molar-refractivity contribution >= 4 is 0 Å². The lowest BCUT2D eigenvalue weighted by Gasteiger charge is -2.23. The van der Waals surface area contributed by atoms with Crippen LogP contribution < -0.4 is 0 Å². The zero-order valence-corrected chi connectivity index (χ0v) is 11.6. The number of rotatable bonds is 3. The molecule has 102 valence electrons. The summed E-state index contributed by atoms with van der Waals surface area (Å²) >= 11 is 0. The van der Waals surface area contributed by atoms with Crippen molar-refractivity contribution in [3.05, 3.63) is 28.7 Å². The molecule has 2 aromatic heterocycles. The third-order valence-electron chi connectivity index (χ3n) is 3.79. The third-order valence-corrected chi connectivity index (χ3v) is 3.79. The number of H-pyrrole nitrogens is 1. The number of likely N-dealkylation sites (tertiary alicyclic amines) is 1. The fourth-order valence-corrected chi connectivity index (χ4v) is 2.97. The minimum Gasteiger partial charge on any atom is -0.424 e. The predicted octanol–water partition coefficient (Wildman–Crippen LogP) is 2.06. The molecule has 3 rings (SSSR count). The number of aromatic amines is 1. The van der Waals surface area contributed by atoms with Crippen LogP contribution in [-0.2, 0) is 6.54 Å². The summed E-state index contributed by atoms with van der Waals surface area (Å²) in [7, 11) is 0. The van der Waals surface area contributed by atoms with Gasteiger partial charge in [0.25, 0.3) is 0 Å². The summed E-state index contributed by atoms with van der Waals surface area (Å²) in [6.45, 7) is 7.75. The summed E-state index contributed by atoms with van der Waals surface area (Å²) in [6.07, 6.45) is 2.36. The van der Waals surface area contributed by atoms with Crippen LogP contribution in [-0.4, -0.2) is 31.8 Å². The van der Waals surface area contributed by atoms with Gasteiger partial charge in [-0.05, 0) is 33.2 Å². The van der Waals surface area contributed by atoms with Crippen LogP contribution in [0.1, 0.15) is 47.6 Å². The summed E-state index contributed by atoms with van der Waals surface area (Å²) in [5.41, 5.74) is 3.58. The zero-order chi connectivity index (χ0) is 13.4. The van der Waals surface area contributed by atoms with Gasteiger partial charge >= 0.3 is 0 Å².